The maximum atomic E-state index is 13.4. The van der Waals surface area contributed by atoms with Crippen molar-refractivity contribution in [3.8, 4) is 0 Å². The minimum atomic E-state index is -1.21. The van der Waals surface area contributed by atoms with Gasteiger partial charge in [0.1, 0.15) is 11.7 Å². The van der Waals surface area contributed by atoms with Crippen LogP contribution in [0.15, 0.2) is 34.9 Å². The highest BCUT2D eigenvalue weighted by Crippen LogP contribution is 2.73. The molecule has 6 rings (SSSR count). The van der Waals surface area contributed by atoms with Crippen LogP contribution in [-0.4, -0.2) is 51.0 Å². The number of ketones is 2. The Bertz CT molecular complexity index is 1110. The Hall–Kier alpha value is -1.60. The van der Waals surface area contributed by atoms with Crippen LogP contribution >= 0.6 is 0 Å². The molecular weight excluding hydrogens is 432 g/mol. The van der Waals surface area contributed by atoms with Gasteiger partial charge in [0, 0.05) is 34.7 Å². The molecule has 34 heavy (non-hydrogen) atoms. The zero-order valence-electron chi connectivity index (χ0n) is 21.0. The first-order chi connectivity index (χ1) is 15.7. The van der Waals surface area contributed by atoms with Crippen LogP contribution in [0.4, 0.5) is 0 Å². The summed E-state index contributed by atoms with van der Waals surface area (Å²) >= 11 is 0. The summed E-state index contributed by atoms with van der Waals surface area (Å²) in [5, 5.41) is 23.2. The van der Waals surface area contributed by atoms with Gasteiger partial charge < -0.3 is 19.7 Å². The molecule has 3 fully saturated rings. The van der Waals surface area contributed by atoms with E-state index in [1.165, 1.54) is 6.08 Å². The predicted octanol–water partition coefficient (Wildman–Crippen LogP) is 3.42. The summed E-state index contributed by atoms with van der Waals surface area (Å²) < 4.78 is 13.7. The molecule has 0 aromatic rings. The second-order valence-electron chi connectivity index (χ2n) is 12.6. The zero-order chi connectivity index (χ0) is 24.6. The molecule has 9 unspecified atom stereocenters. The molecule has 1 saturated carbocycles. The Morgan fingerprint density at radius 1 is 0.912 bits per heavy atom. The van der Waals surface area contributed by atoms with E-state index in [4.69, 9.17) is 9.47 Å². The van der Waals surface area contributed by atoms with Gasteiger partial charge in [0.15, 0.2) is 17.4 Å². The number of rotatable bonds is 0. The number of carbonyl (C=O) groups is 2. The number of hydrogen-bond acceptors (Lipinski definition) is 6. The molecule has 6 aliphatic rings. The number of fused-ring (bicyclic) bond motifs is 3. The van der Waals surface area contributed by atoms with E-state index < -0.39 is 40.0 Å². The van der Waals surface area contributed by atoms with E-state index in [0.717, 1.165) is 17.6 Å². The highest BCUT2D eigenvalue weighted by Gasteiger charge is 2.78. The first-order valence-electron chi connectivity index (χ1n) is 12.8. The summed E-state index contributed by atoms with van der Waals surface area (Å²) in [4.78, 5) is 25.6. The number of hydrogen-bond donors (Lipinski definition) is 2. The Morgan fingerprint density at radius 3 is 2.26 bits per heavy atom. The number of carbonyl (C=O) groups excluding carboxylic acids is 2. The van der Waals surface area contributed by atoms with Crippen LogP contribution in [0.5, 0.6) is 0 Å². The summed E-state index contributed by atoms with van der Waals surface area (Å²) in [6.45, 7) is 12.1. The smallest absolute Gasteiger partial charge is 0.199 e. The summed E-state index contributed by atoms with van der Waals surface area (Å²) in [6.07, 6.45) is 5.81. The number of aliphatic hydroxyl groups is 2. The molecule has 2 bridgehead atoms. The molecule has 1 spiro atoms. The largest absolute Gasteiger partial charge is 0.388 e. The highest BCUT2D eigenvalue weighted by atomic mass is 16.7. The molecule has 9 atom stereocenters. The van der Waals surface area contributed by atoms with Crippen molar-refractivity contribution >= 4 is 11.6 Å². The van der Waals surface area contributed by atoms with Crippen molar-refractivity contribution in [1.29, 1.82) is 0 Å². The fourth-order valence-electron chi connectivity index (χ4n) is 8.52. The molecule has 4 aliphatic carbocycles. The first kappa shape index (κ1) is 22.8. The van der Waals surface area contributed by atoms with Crippen LogP contribution in [0, 0.1) is 28.6 Å². The van der Waals surface area contributed by atoms with Crippen LogP contribution in [0.2, 0.25) is 0 Å². The van der Waals surface area contributed by atoms with Crippen LogP contribution in [0.3, 0.4) is 0 Å². The van der Waals surface area contributed by atoms with Gasteiger partial charge >= 0.3 is 0 Å². The Balaban J connectivity index is 1.58. The fraction of sp³-hybridized carbons (Fsp3) is 0.714. The SMILES string of the molecule is CC1C(O)C2(OC1(C)C)OC13CCC(C2C)C1(C)C(O)C=C1C3=CC(=O)C2=CC(=O)CCC21C. The van der Waals surface area contributed by atoms with Crippen LogP contribution in [0.25, 0.3) is 0 Å². The molecule has 2 aliphatic heterocycles. The third-order valence-electron chi connectivity index (χ3n) is 11.0. The number of allylic oxidation sites excluding steroid dienone is 3. The van der Waals surface area contributed by atoms with Crippen LogP contribution in [-0.2, 0) is 19.1 Å². The van der Waals surface area contributed by atoms with E-state index in [9.17, 15) is 19.8 Å². The lowest BCUT2D eigenvalue weighted by molar-refractivity contribution is -0.382. The van der Waals surface area contributed by atoms with Gasteiger partial charge in [0.05, 0.1) is 11.7 Å². The lowest BCUT2D eigenvalue weighted by Gasteiger charge is -2.64. The first-order valence-corrected chi connectivity index (χ1v) is 12.8. The monoisotopic (exact) mass is 468 g/mol. The van der Waals surface area contributed by atoms with Crippen LogP contribution in [0.1, 0.15) is 67.2 Å². The third-order valence-corrected chi connectivity index (χ3v) is 11.0. The standard InChI is InChI=1S/C28H36O6/c1-14-17-8-10-27(34-28(14)23(32)15(2)24(3,4)33-28)19-12-21(30)20-11-16(29)7-9-25(20,5)18(19)13-22(31)26(17,27)6/h11-15,17,22-23,31-32H,7-10H2,1-6H3. The van der Waals surface area contributed by atoms with E-state index in [-0.39, 0.29) is 29.3 Å². The van der Waals surface area contributed by atoms with Gasteiger partial charge in [-0.3, -0.25) is 9.59 Å². The minimum absolute atomic E-state index is 0.0287. The zero-order valence-corrected chi connectivity index (χ0v) is 21.0. The number of aliphatic hydroxyl groups excluding tert-OH is 2. The maximum Gasteiger partial charge on any atom is 0.199 e. The molecule has 6 nitrogen and oxygen atoms in total. The highest BCUT2D eigenvalue weighted by molar-refractivity contribution is 6.13. The second kappa shape index (κ2) is 6.39. The summed E-state index contributed by atoms with van der Waals surface area (Å²) in [7, 11) is 0. The van der Waals surface area contributed by atoms with Gasteiger partial charge in [-0.05, 0) is 62.3 Å². The van der Waals surface area contributed by atoms with Gasteiger partial charge in [-0.2, -0.15) is 0 Å². The summed E-state index contributed by atoms with van der Waals surface area (Å²) in [5.41, 5.74) is -0.639. The van der Waals surface area contributed by atoms with Crippen molar-refractivity contribution in [3.05, 3.63) is 34.9 Å². The van der Waals surface area contributed by atoms with Gasteiger partial charge in [-0.1, -0.05) is 33.8 Å². The Kier molecular flexibility index (Phi) is 4.29. The van der Waals surface area contributed by atoms with E-state index in [1.807, 2.05) is 33.8 Å². The Labute approximate surface area is 201 Å². The van der Waals surface area contributed by atoms with Crippen molar-refractivity contribution in [2.24, 2.45) is 28.6 Å². The average Bonchev–Trinajstić information content (AvgIpc) is 3.10. The molecule has 184 valence electrons. The molecule has 2 heterocycles. The van der Waals surface area contributed by atoms with Crippen LogP contribution < -0.4 is 0 Å². The molecule has 2 saturated heterocycles. The van der Waals surface area contributed by atoms with Gasteiger partial charge in [0.2, 0.25) is 0 Å². The lowest BCUT2D eigenvalue weighted by atomic mass is 9.49. The molecular formula is C28H36O6. The average molecular weight is 469 g/mol. The summed E-state index contributed by atoms with van der Waals surface area (Å²) in [6, 6.07) is 0. The maximum absolute atomic E-state index is 13.4. The topological polar surface area (TPSA) is 93.1 Å². The molecule has 0 radical (unpaired) electrons. The molecule has 6 heteroatoms. The van der Waals surface area contributed by atoms with E-state index in [0.29, 0.717) is 24.8 Å². The van der Waals surface area contributed by atoms with E-state index >= 15 is 0 Å². The van der Waals surface area contributed by atoms with E-state index in [2.05, 4.69) is 13.8 Å². The summed E-state index contributed by atoms with van der Waals surface area (Å²) in [5.74, 6) is -1.64. The predicted molar refractivity (Wildman–Crippen MR) is 124 cm³/mol. The van der Waals surface area contributed by atoms with Crippen molar-refractivity contribution in [2.45, 2.75) is 96.4 Å². The number of ether oxygens (including phenoxy) is 2. The van der Waals surface area contributed by atoms with E-state index in [1.54, 1.807) is 6.08 Å². The van der Waals surface area contributed by atoms with Crippen molar-refractivity contribution in [2.75, 3.05) is 0 Å². The Morgan fingerprint density at radius 2 is 1.62 bits per heavy atom. The molecule has 0 aromatic heterocycles. The fourth-order valence-corrected chi connectivity index (χ4v) is 8.52. The van der Waals surface area contributed by atoms with Gasteiger partial charge in [-0.15, -0.1) is 0 Å². The molecule has 0 amide bonds. The molecule has 2 N–H and O–H groups in total. The normalized spacial score (nSPS) is 53.1. The van der Waals surface area contributed by atoms with Crippen molar-refractivity contribution < 1.29 is 29.3 Å². The lowest BCUT2D eigenvalue weighted by Crippen LogP contribution is -2.70. The van der Waals surface area contributed by atoms with Gasteiger partial charge in [-0.25, -0.2) is 0 Å². The second-order valence-corrected chi connectivity index (χ2v) is 12.6. The third kappa shape index (κ3) is 2.28. The van der Waals surface area contributed by atoms with Crippen molar-refractivity contribution in [3.63, 3.8) is 0 Å². The van der Waals surface area contributed by atoms with Gasteiger partial charge in [0.25, 0.3) is 0 Å². The quantitative estimate of drug-likeness (QED) is 0.566. The minimum Gasteiger partial charge on any atom is -0.388 e. The van der Waals surface area contributed by atoms with Crippen molar-refractivity contribution in [1.82, 2.24) is 0 Å². The molecule has 0 aromatic carbocycles.